The van der Waals surface area contributed by atoms with E-state index in [1.807, 2.05) is 0 Å². The van der Waals surface area contributed by atoms with Gasteiger partial charge in [-0.2, -0.15) is 0 Å². The SMILES string of the molecule is C[C@@H](Sc1ccc([N+](=O)[O-])cc1)C(=O)Nc1ccc(C(N)=O)cc1. The molecule has 7 nitrogen and oxygen atoms in total. The van der Waals surface area contributed by atoms with E-state index in [-0.39, 0.29) is 11.6 Å². The molecule has 124 valence electrons. The molecule has 2 aromatic carbocycles. The highest BCUT2D eigenvalue weighted by Crippen LogP contribution is 2.26. The minimum absolute atomic E-state index is 0.00555. The average Bonchev–Trinajstić information content (AvgIpc) is 2.55. The number of non-ortho nitro benzene ring substituents is 1. The summed E-state index contributed by atoms with van der Waals surface area (Å²) in [5.74, 6) is -0.750. The van der Waals surface area contributed by atoms with Gasteiger partial charge >= 0.3 is 0 Å². The van der Waals surface area contributed by atoms with Crippen molar-refractivity contribution in [3.8, 4) is 0 Å². The van der Waals surface area contributed by atoms with Crippen molar-refractivity contribution in [3.63, 3.8) is 0 Å². The first kappa shape index (κ1) is 17.5. The summed E-state index contributed by atoms with van der Waals surface area (Å²) >= 11 is 1.29. The number of nitro groups is 1. The molecule has 0 bridgehead atoms. The molecule has 8 heteroatoms. The molecule has 0 aromatic heterocycles. The highest BCUT2D eigenvalue weighted by Gasteiger charge is 2.15. The number of primary amides is 1. The van der Waals surface area contributed by atoms with Crippen LogP contribution in [0.5, 0.6) is 0 Å². The summed E-state index contributed by atoms with van der Waals surface area (Å²) in [7, 11) is 0. The van der Waals surface area contributed by atoms with Gasteiger partial charge in [0.15, 0.2) is 0 Å². The molecule has 0 heterocycles. The van der Waals surface area contributed by atoms with Crippen molar-refractivity contribution in [2.24, 2.45) is 5.73 Å². The molecular formula is C16H15N3O4S. The van der Waals surface area contributed by atoms with Crippen molar-refractivity contribution in [1.29, 1.82) is 0 Å². The predicted molar refractivity (Wildman–Crippen MR) is 92.0 cm³/mol. The van der Waals surface area contributed by atoms with Crippen LogP contribution >= 0.6 is 11.8 Å². The fourth-order valence-electron chi connectivity index (χ4n) is 1.87. The summed E-state index contributed by atoms with van der Waals surface area (Å²) in [4.78, 5) is 34.1. The zero-order chi connectivity index (χ0) is 17.7. The molecule has 0 fully saturated rings. The van der Waals surface area contributed by atoms with Crippen LogP contribution in [0.2, 0.25) is 0 Å². The van der Waals surface area contributed by atoms with Crippen molar-refractivity contribution in [2.75, 3.05) is 5.32 Å². The number of nitro benzene ring substituents is 1. The normalized spacial score (nSPS) is 11.5. The number of nitrogens with one attached hydrogen (secondary N) is 1. The first-order valence-electron chi connectivity index (χ1n) is 6.98. The van der Waals surface area contributed by atoms with E-state index in [0.717, 1.165) is 4.90 Å². The summed E-state index contributed by atoms with van der Waals surface area (Å²) in [6.07, 6.45) is 0. The Morgan fingerprint density at radius 3 is 2.21 bits per heavy atom. The third-order valence-corrected chi connectivity index (χ3v) is 4.28. The van der Waals surface area contributed by atoms with Gasteiger partial charge in [-0.3, -0.25) is 19.7 Å². The van der Waals surface area contributed by atoms with Crippen LogP contribution in [0, 0.1) is 10.1 Å². The summed E-state index contributed by atoms with van der Waals surface area (Å²) in [6.45, 7) is 1.74. The van der Waals surface area contributed by atoms with Gasteiger partial charge in [-0.05, 0) is 43.3 Å². The Kier molecular flexibility index (Phi) is 5.54. The van der Waals surface area contributed by atoms with Gasteiger partial charge in [0.25, 0.3) is 5.69 Å². The second kappa shape index (κ2) is 7.60. The van der Waals surface area contributed by atoms with Crippen LogP contribution in [-0.2, 0) is 4.79 Å². The quantitative estimate of drug-likeness (QED) is 0.474. The van der Waals surface area contributed by atoms with Crippen molar-refractivity contribution >= 4 is 35.0 Å². The van der Waals surface area contributed by atoms with Gasteiger partial charge in [-0.1, -0.05) is 0 Å². The number of anilines is 1. The molecular weight excluding hydrogens is 330 g/mol. The van der Waals surface area contributed by atoms with E-state index in [4.69, 9.17) is 5.73 Å². The van der Waals surface area contributed by atoms with Crippen LogP contribution in [0.4, 0.5) is 11.4 Å². The van der Waals surface area contributed by atoms with Gasteiger partial charge in [0.05, 0.1) is 10.2 Å². The van der Waals surface area contributed by atoms with Gasteiger partial charge in [0.1, 0.15) is 0 Å². The monoisotopic (exact) mass is 345 g/mol. The lowest BCUT2D eigenvalue weighted by Crippen LogP contribution is -2.22. The lowest BCUT2D eigenvalue weighted by molar-refractivity contribution is -0.384. The molecule has 0 spiro atoms. The van der Waals surface area contributed by atoms with Crippen molar-refractivity contribution < 1.29 is 14.5 Å². The number of benzene rings is 2. The van der Waals surface area contributed by atoms with Crippen LogP contribution in [0.1, 0.15) is 17.3 Å². The molecule has 2 aromatic rings. The fourth-order valence-corrected chi connectivity index (χ4v) is 2.73. The molecule has 24 heavy (non-hydrogen) atoms. The van der Waals surface area contributed by atoms with E-state index in [2.05, 4.69) is 5.32 Å². The van der Waals surface area contributed by atoms with Crippen LogP contribution < -0.4 is 11.1 Å². The molecule has 3 N–H and O–H groups in total. The lowest BCUT2D eigenvalue weighted by atomic mass is 10.2. The molecule has 0 unspecified atom stereocenters. The van der Waals surface area contributed by atoms with Crippen molar-refractivity contribution in [3.05, 3.63) is 64.2 Å². The van der Waals surface area contributed by atoms with E-state index in [1.54, 1.807) is 31.2 Å². The number of thioether (sulfide) groups is 1. The first-order valence-corrected chi connectivity index (χ1v) is 7.86. The van der Waals surface area contributed by atoms with Gasteiger partial charge in [-0.25, -0.2) is 0 Å². The topological polar surface area (TPSA) is 115 Å². The Morgan fingerprint density at radius 1 is 1.12 bits per heavy atom. The number of hydrogen-bond donors (Lipinski definition) is 2. The second-order valence-electron chi connectivity index (χ2n) is 4.94. The van der Waals surface area contributed by atoms with Gasteiger partial charge in [0, 0.05) is 28.3 Å². The fraction of sp³-hybridized carbons (Fsp3) is 0.125. The van der Waals surface area contributed by atoms with Crippen LogP contribution in [-0.4, -0.2) is 22.0 Å². The first-order chi connectivity index (χ1) is 11.4. The van der Waals surface area contributed by atoms with Gasteiger partial charge in [-0.15, -0.1) is 11.8 Å². The summed E-state index contributed by atoms with van der Waals surface area (Å²) in [6, 6.07) is 12.3. The number of carbonyl (C=O) groups is 2. The minimum atomic E-state index is -0.532. The van der Waals surface area contributed by atoms with Crippen molar-refractivity contribution in [1.82, 2.24) is 0 Å². The molecule has 0 radical (unpaired) electrons. The van der Waals surface area contributed by atoms with E-state index in [1.165, 1.54) is 36.0 Å². The summed E-state index contributed by atoms with van der Waals surface area (Å²) < 4.78 is 0. The van der Waals surface area contributed by atoms with Gasteiger partial charge < -0.3 is 11.1 Å². The number of nitrogens with two attached hydrogens (primary N) is 1. The Bertz CT molecular complexity index is 760. The Morgan fingerprint density at radius 2 is 1.71 bits per heavy atom. The largest absolute Gasteiger partial charge is 0.366 e. The molecule has 1 atom stereocenters. The minimum Gasteiger partial charge on any atom is -0.366 e. The number of carbonyl (C=O) groups excluding carboxylic acids is 2. The van der Waals surface area contributed by atoms with Gasteiger partial charge in [0.2, 0.25) is 11.8 Å². The highest BCUT2D eigenvalue weighted by molar-refractivity contribution is 8.00. The Hall–Kier alpha value is -2.87. The molecule has 0 aliphatic heterocycles. The third kappa shape index (κ3) is 4.56. The molecule has 0 aliphatic carbocycles. The standard InChI is InChI=1S/C16H15N3O4S/c1-10(24-14-8-6-13(7-9-14)19(22)23)16(21)18-12-4-2-11(3-5-12)15(17)20/h2-10H,1H3,(H2,17,20)(H,18,21)/t10-/m1/s1. The molecule has 2 rings (SSSR count). The zero-order valence-corrected chi connectivity index (χ0v) is 13.6. The maximum atomic E-state index is 12.2. The predicted octanol–water partition coefficient (Wildman–Crippen LogP) is 2.81. The zero-order valence-electron chi connectivity index (χ0n) is 12.8. The Balaban J connectivity index is 1.96. The number of amides is 2. The van der Waals surface area contributed by atoms with E-state index < -0.39 is 16.1 Å². The van der Waals surface area contributed by atoms with E-state index >= 15 is 0 Å². The third-order valence-electron chi connectivity index (χ3n) is 3.17. The molecule has 2 amide bonds. The smallest absolute Gasteiger partial charge is 0.269 e. The maximum absolute atomic E-state index is 12.2. The average molecular weight is 345 g/mol. The highest BCUT2D eigenvalue weighted by atomic mass is 32.2. The van der Waals surface area contributed by atoms with E-state index in [9.17, 15) is 19.7 Å². The van der Waals surface area contributed by atoms with Crippen LogP contribution in [0.15, 0.2) is 53.4 Å². The lowest BCUT2D eigenvalue weighted by Gasteiger charge is -2.12. The number of rotatable bonds is 6. The summed E-state index contributed by atoms with van der Waals surface area (Å²) in [5.41, 5.74) is 6.08. The molecule has 0 saturated carbocycles. The van der Waals surface area contributed by atoms with E-state index in [0.29, 0.717) is 11.3 Å². The number of hydrogen-bond acceptors (Lipinski definition) is 5. The second-order valence-corrected chi connectivity index (χ2v) is 6.36. The van der Waals surface area contributed by atoms with Crippen molar-refractivity contribution in [2.45, 2.75) is 17.1 Å². The molecule has 0 saturated heterocycles. The number of nitrogens with zero attached hydrogens (tertiary/aromatic N) is 1. The summed E-state index contributed by atoms with van der Waals surface area (Å²) in [5, 5.41) is 13.0. The van der Waals surface area contributed by atoms with Crippen LogP contribution in [0.3, 0.4) is 0 Å². The Labute approximate surface area is 142 Å². The molecule has 0 aliphatic rings. The maximum Gasteiger partial charge on any atom is 0.269 e. The van der Waals surface area contributed by atoms with Crippen LogP contribution in [0.25, 0.3) is 0 Å².